The first-order valence-electron chi connectivity index (χ1n) is 11.4. The van der Waals surface area contributed by atoms with Crippen LogP contribution in [0.2, 0.25) is 0 Å². The predicted octanol–water partition coefficient (Wildman–Crippen LogP) is 4.88. The molecule has 0 bridgehead atoms. The van der Waals surface area contributed by atoms with Crippen LogP contribution in [-0.2, 0) is 4.79 Å². The minimum atomic E-state index is -0.546. The second-order valence-electron chi connectivity index (χ2n) is 8.31. The third-order valence-corrected chi connectivity index (χ3v) is 5.25. The third kappa shape index (κ3) is 7.09. The van der Waals surface area contributed by atoms with Gasteiger partial charge in [0.2, 0.25) is 0 Å². The molecule has 8 nitrogen and oxygen atoms in total. The zero-order valence-electron chi connectivity index (χ0n) is 21.0. The van der Waals surface area contributed by atoms with Crippen molar-refractivity contribution in [3.63, 3.8) is 0 Å². The SMILES string of the molecule is COc1cccc(C(=O)Oc2ccc(C=NNC(=O)COc3cc(C)ccc3C(C)C)cc2OC)c1. The highest BCUT2D eigenvalue weighted by Crippen LogP contribution is 2.29. The summed E-state index contributed by atoms with van der Waals surface area (Å²) in [6.07, 6.45) is 1.46. The number of aryl methyl sites for hydroxylation is 1. The Morgan fingerprint density at radius 1 is 0.944 bits per heavy atom. The molecule has 0 fully saturated rings. The van der Waals surface area contributed by atoms with Crippen molar-refractivity contribution in [1.82, 2.24) is 5.43 Å². The van der Waals surface area contributed by atoms with E-state index in [9.17, 15) is 9.59 Å². The molecule has 3 aromatic carbocycles. The molecular formula is C28H30N2O6. The highest BCUT2D eigenvalue weighted by Gasteiger charge is 2.14. The Bertz CT molecular complexity index is 1250. The number of ether oxygens (including phenoxy) is 4. The second kappa shape index (κ2) is 12.4. The highest BCUT2D eigenvalue weighted by atomic mass is 16.6. The summed E-state index contributed by atoms with van der Waals surface area (Å²) in [5, 5.41) is 3.98. The van der Waals surface area contributed by atoms with Crippen LogP contribution < -0.4 is 24.4 Å². The lowest BCUT2D eigenvalue weighted by molar-refractivity contribution is -0.123. The van der Waals surface area contributed by atoms with E-state index in [0.29, 0.717) is 28.4 Å². The molecule has 36 heavy (non-hydrogen) atoms. The van der Waals surface area contributed by atoms with E-state index in [1.165, 1.54) is 20.4 Å². The van der Waals surface area contributed by atoms with Crippen molar-refractivity contribution in [1.29, 1.82) is 0 Å². The largest absolute Gasteiger partial charge is 0.497 e. The maximum atomic E-state index is 12.5. The van der Waals surface area contributed by atoms with Crippen LogP contribution in [0.1, 0.15) is 46.8 Å². The van der Waals surface area contributed by atoms with Gasteiger partial charge in [-0.3, -0.25) is 4.79 Å². The van der Waals surface area contributed by atoms with Gasteiger partial charge in [0.25, 0.3) is 5.91 Å². The van der Waals surface area contributed by atoms with Crippen molar-refractivity contribution in [2.24, 2.45) is 5.10 Å². The van der Waals surface area contributed by atoms with E-state index in [-0.39, 0.29) is 18.3 Å². The maximum absolute atomic E-state index is 12.5. The standard InChI is InChI=1S/C28H30N2O6/c1-18(2)23-11-9-19(3)13-25(23)35-17-27(31)30-29-16-20-10-12-24(26(14-20)34-5)36-28(32)21-7-6-8-22(15-21)33-4/h6-16,18H,17H2,1-5H3,(H,30,31). The van der Waals surface area contributed by atoms with Gasteiger partial charge in [0.1, 0.15) is 11.5 Å². The van der Waals surface area contributed by atoms with Crippen molar-refractivity contribution < 1.29 is 28.5 Å². The molecule has 0 aliphatic rings. The molecule has 1 N–H and O–H groups in total. The fourth-order valence-corrected chi connectivity index (χ4v) is 3.36. The molecule has 3 rings (SSSR count). The molecule has 0 saturated heterocycles. The van der Waals surface area contributed by atoms with E-state index in [2.05, 4.69) is 24.4 Å². The zero-order valence-corrected chi connectivity index (χ0v) is 21.0. The molecule has 0 aromatic heterocycles. The van der Waals surface area contributed by atoms with Gasteiger partial charge in [-0.15, -0.1) is 0 Å². The van der Waals surface area contributed by atoms with Gasteiger partial charge in [0, 0.05) is 0 Å². The fraction of sp³-hybridized carbons (Fsp3) is 0.250. The number of hydrogen-bond acceptors (Lipinski definition) is 7. The van der Waals surface area contributed by atoms with Gasteiger partial charge in [0.05, 0.1) is 26.0 Å². The van der Waals surface area contributed by atoms with Gasteiger partial charge in [0.15, 0.2) is 18.1 Å². The topological polar surface area (TPSA) is 95.5 Å². The number of carbonyl (C=O) groups is 2. The molecule has 3 aromatic rings. The lowest BCUT2D eigenvalue weighted by Crippen LogP contribution is -2.25. The van der Waals surface area contributed by atoms with Crippen LogP contribution in [0.25, 0.3) is 0 Å². The Kier molecular flexibility index (Phi) is 9.05. The average Bonchev–Trinajstić information content (AvgIpc) is 2.88. The molecule has 1 amide bonds. The van der Waals surface area contributed by atoms with Crippen LogP contribution in [0.4, 0.5) is 0 Å². The van der Waals surface area contributed by atoms with Gasteiger partial charge < -0.3 is 18.9 Å². The lowest BCUT2D eigenvalue weighted by atomic mass is 10.0. The first-order chi connectivity index (χ1) is 17.3. The highest BCUT2D eigenvalue weighted by molar-refractivity contribution is 5.92. The first kappa shape index (κ1) is 26.3. The molecule has 8 heteroatoms. The van der Waals surface area contributed by atoms with Gasteiger partial charge >= 0.3 is 5.97 Å². The Balaban J connectivity index is 1.59. The number of carbonyl (C=O) groups excluding carboxylic acids is 2. The summed E-state index contributed by atoms with van der Waals surface area (Å²) in [4.78, 5) is 24.7. The maximum Gasteiger partial charge on any atom is 0.343 e. The number of hydrogen-bond donors (Lipinski definition) is 1. The molecule has 0 atom stereocenters. The van der Waals surface area contributed by atoms with E-state index >= 15 is 0 Å². The summed E-state index contributed by atoms with van der Waals surface area (Å²) in [6, 6.07) is 17.5. The number of esters is 1. The number of methoxy groups -OCH3 is 2. The van der Waals surface area contributed by atoms with E-state index in [0.717, 1.165) is 11.1 Å². The number of amides is 1. The zero-order chi connectivity index (χ0) is 26.1. The van der Waals surface area contributed by atoms with Crippen LogP contribution in [0.15, 0.2) is 65.8 Å². The summed E-state index contributed by atoms with van der Waals surface area (Å²) >= 11 is 0. The van der Waals surface area contributed by atoms with Crippen molar-refractivity contribution in [3.05, 3.63) is 82.9 Å². The summed E-state index contributed by atoms with van der Waals surface area (Å²) in [7, 11) is 2.99. The second-order valence-corrected chi connectivity index (χ2v) is 8.31. The minimum Gasteiger partial charge on any atom is -0.497 e. The molecular weight excluding hydrogens is 460 g/mol. The number of nitrogens with zero attached hydrogens (tertiary/aromatic N) is 1. The monoisotopic (exact) mass is 490 g/mol. The van der Waals surface area contributed by atoms with Gasteiger partial charge in [-0.2, -0.15) is 5.10 Å². The lowest BCUT2D eigenvalue weighted by Gasteiger charge is -2.14. The Hall–Kier alpha value is -4.33. The molecule has 0 radical (unpaired) electrons. The molecule has 0 aliphatic carbocycles. The van der Waals surface area contributed by atoms with Crippen LogP contribution in [0.5, 0.6) is 23.0 Å². The molecule has 0 spiro atoms. The quantitative estimate of drug-likeness (QED) is 0.188. The Morgan fingerprint density at radius 2 is 1.75 bits per heavy atom. The van der Waals surface area contributed by atoms with Gasteiger partial charge in [-0.05, 0) is 72.0 Å². The number of nitrogens with one attached hydrogen (secondary N) is 1. The average molecular weight is 491 g/mol. The van der Waals surface area contributed by atoms with Crippen LogP contribution >= 0.6 is 0 Å². The van der Waals surface area contributed by atoms with E-state index in [1.807, 2.05) is 25.1 Å². The molecule has 0 aliphatic heterocycles. The van der Waals surface area contributed by atoms with E-state index < -0.39 is 11.9 Å². The van der Waals surface area contributed by atoms with Gasteiger partial charge in [-0.25, -0.2) is 10.2 Å². The van der Waals surface area contributed by atoms with Crippen LogP contribution in [0.3, 0.4) is 0 Å². The molecule has 0 unspecified atom stereocenters. The number of rotatable bonds is 10. The number of hydrazone groups is 1. The number of benzene rings is 3. The third-order valence-electron chi connectivity index (χ3n) is 5.25. The van der Waals surface area contributed by atoms with Crippen LogP contribution in [-0.4, -0.2) is 38.9 Å². The summed E-state index contributed by atoms with van der Waals surface area (Å²) in [5.74, 6) is 1.16. The predicted molar refractivity (Wildman–Crippen MR) is 137 cm³/mol. The Labute approximate surface area is 210 Å². The summed E-state index contributed by atoms with van der Waals surface area (Å²) < 4.78 is 21.7. The van der Waals surface area contributed by atoms with Crippen molar-refractivity contribution in [3.8, 4) is 23.0 Å². The first-order valence-corrected chi connectivity index (χ1v) is 11.4. The Morgan fingerprint density at radius 3 is 2.47 bits per heavy atom. The van der Waals surface area contributed by atoms with Crippen LogP contribution in [0, 0.1) is 6.92 Å². The minimum absolute atomic E-state index is 0.164. The normalized spacial score (nSPS) is 10.8. The van der Waals surface area contributed by atoms with E-state index in [4.69, 9.17) is 18.9 Å². The van der Waals surface area contributed by atoms with Crippen molar-refractivity contribution in [2.45, 2.75) is 26.7 Å². The van der Waals surface area contributed by atoms with Gasteiger partial charge in [-0.1, -0.05) is 32.0 Å². The fourth-order valence-electron chi connectivity index (χ4n) is 3.36. The molecule has 0 saturated carbocycles. The molecule has 188 valence electrons. The smallest absolute Gasteiger partial charge is 0.343 e. The van der Waals surface area contributed by atoms with Crippen molar-refractivity contribution >= 4 is 18.1 Å². The van der Waals surface area contributed by atoms with Crippen molar-refractivity contribution in [2.75, 3.05) is 20.8 Å². The van der Waals surface area contributed by atoms with E-state index in [1.54, 1.807) is 42.5 Å². The molecule has 0 heterocycles. The summed E-state index contributed by atoms with van der Waals surface area (Å²) in [5.41, 5.74) is 5.52. The summed E-state index contributed by atoms with van der Waals surface area (Å²) in [6.45, 7) is 5.95.